The van der Waals surface area contributed by atoms with Crippen molar-refractivity contribution in [2.45, 2.75) is 24.4 Å². The van der Waals surface area contributed by atoms with E-state index in [0.717, 1.165) is 77.3 Å². The number of fused-ring (bicyclic) bond motifs is 2. The molecule has 1 atom stereocenters. The van der Waals surface area contributed by atoms with Gasteiger partial charge in [0.1, 0.15) is 0 Å². The number of carbonyl (C=O) groups is 1. The molecule has 1 N–H and O–H groups in total. The molecule has 1 aromatic carbocycles. The first-order valence-electron chi connectivity index (χ1n) is 11.0. The molecule has 4 fully saturated rings. The second kappa shape index (κ2) is 8.22. The molecule has 4 aliphatic rings. The number of rotatable bonds is 3. The van der Waals surface area contributed by atoms with Crippen LogP contribution in [0.25, 0.3) is 0 Å². The maximum absolute atomic E-state index is 13.0. The summed E-state index contributed by atoms with van der Waals surface area (Å²) in [6.07, 6.45) is 2.35. The Morgan fingerprint density at radius 2 is 1.86 bits per heavy atom. The van der Waals surface area contributed by atoms with Gasteiger partial charge >= 0.3 is 6.03 Å². The maximum atomic E-state index is 13.0. The van der Waals surface area contributed by atoms with Crippen molar-refractivity contribution in [2.75, 3.05) is 71.0 Å². The molecule has 4 heterocycles. The summed E-state index contributed by atoms with van der Waals surface area (Å²) < 4.78 is 11.3. The predicted octanol–water partition coefficient (Wildman–Crippen LogP) is 1.72. The van der Waals surface area contributed by atoms with Gasteiger partial charge in [0, 0.05) is 58.2 Å². The lowest BCUT2D eigenvalue weighted by atomic mass is 9.81. The lowest BCUT2D eigenvalue weighted by Crippen LogP contribution is -2.81. The number of nitrogens with zero attached hydrogens (tertiary/aromatic N) is 3. The summed E-state index contributed by atoms with van der Waals surface area (Å²) in [4.78, 5) is 20.2. The van der Waals surface area contributed by atoms with Crippen molar-refractivity contribution >= 4 is 11.7 Å². The van der Waals surface area contributed by atoms with Gasteiger partial charge in [0.15, 0.2) is 0 Å². The van der Waals surface area contributed by atoms with Crippen LogP contribution in [-0.4, -0.2) is 98.0 Å². The van der Waals surface area contributed by atoms with Gasteiger partial charge in [-0.15, -0.1) is 0 Å². The largest absolute Gasteiger partial charge is 0.381 e. The number of nitrogens with one attached hydrogen (secondary N) is 1. The van der Waals surface area contributed by atoms with Crippen LogP contribution in [0.15, 0.2) is 30.3 Å². The van der Waals surface area contributed by atoms with Crippen LogP contribution >= 0.6 is 0 Å². The first-order chi connectivity index (χ1) is 14.2. The fourth-order valence-corrected chi connectivity index (χ4v) is 5.57. The number of morpholine rings is 1. The summed E-state index contributed by atoms with van der Waals surface area (Å²) in [5, 5.41) is 3.07. The zero-order chi connectivity index (χ0) is 19.7. The van der Waals surface area contributed by atoms with Crippen molar-refractivity contribution in [1.82, 2.24) is 14.7 Å². The van der Waals surface area contributed by atoms with E-state index in [4.69, 9.17) is 9.47 Å². The molecule has 5 rings (SSSR count). The van der Waals surface area contributed by atoms with Gasteiger partial charge in [-0.05, 0) is 30.9 Å². The highest BCUT2D eigenvalue weighted by Crippen LogP contribution is 2.36. The average Bonchev–Trinajstić information content (AvgIpc) is 2.74. The third-order valence-corrected chi connectivity index (χ3v) is 6.96. The van der Waals surface area contributed by atoms with Crippen molar-refractivity contribution in [3.05, 3.63) is 30.3 Å². The molecule has 1 unspecified atom stereocenters. The van der Waals surface area contributed by atoms with E-state index in [0.29, 0.717) is 6.04 Å². The van der Waals surface area contributed by atoms with E-state index in [9.17, 15) is 4.79 Å². The Morgan fingerprint density at radius 3 is 2.66 bits per heavy atom. The lowest BCUT2D eigenvalue weighted by molar-refractivity contribution is -0.160. The third kappa shape index (κ3) is 4.01. The molecule has 7 heteroatoms. The van der Waals surface area contributed by atoms with Crippen LogP contribution < -0.4 is 5.32 Å². The SMILES string of the molecule is O=C(Nc1ccccc1)N1CC2COCCN2C2(CN(CC3CCOCC3)C2)C1. The highest BCUT2D eigenvalue weighted by atomic mass is 16.5. The van der Waals surface area contributed by atoms with E-state index in [1.54, 1.807) is 0 Å². The first kappa shape index (κ1) is 19.3. The number of piperazine rings is 1. The minimum absolute atomic E-state index is 0.00341. The number of ether oxygens (including phenoxy) is 2. The summed E-state index contributed by atoms with van der Waals surface area (Å²) >= 11 is 0. The van der Waals surface area contributed by atoms with Crippen molar-refractivity contribution in [1.29, 1.82) is 0 Å². The van der Waals surface area contributed by atoms with Gasteiger partial charge in [-0.1, -0.05) is 18.2 Å². The molecule has 4 saturated heterocycles. The quantitative estimate of drug-likeness (QED) is 0.837. The van der Waals surface area contributed by atoms with Crippen LogP contribution in [-0.2, 0) is 9.47 Å². The van der Waals surface area contributed by atoms with Crippen LogP contribution in [0.2, 0.25) is 0 Å². The van der Waals surface area contributed by atoms with Gasteiger partial charge in [0.05, 0.1) is 24.8 Å². The van der Waals surface area contributed by atoms with Crippen molar-refractivity contribution in [2.24, 2.45) is 5.92 Å². The van der Waals surface area contributed by atoms with Crippen LogP contribution in [0, 0.1) is 5.92 Å². The number of para-hydroxylation sites is 1. The van der Waals surface area contributed by atoms with E-state index in [2.05, 4.69) is 15.1 Å². The average molecular weight is 401 g/mol. The molecule has 1 aromatic rings. The van der Waals surface area contributed by atoms with Crippen LogP contribution in [0.3, 0.4) is 0 Å². The van der Waals surface area contributed by atoms with E-state index >= 15 is 0 Å². The molecule has 0 radical (unpaired) electrons. The number of carbonyl (C=O) groups excluding carboxylic acids is 1. The molecule has 7 nitrogen and oxygen atoms in total. The normalized spacial score (nSPS) is 28.0. The van der Waals surface area contributed by atoms with Crippen LogP contribution in [0.1, 0.15) is 12.8 Å². The summed E-state index contributed by atoms with van der Waals surface area (Å²) in [5.74, 6) is 0.752. The molecular weight excluding hydrogens is 368 g/mol. The second-order valence-electron chi connectivity index (χ2n) is 9.05. The molecule has 2 amide bonds. The molecule has 1 spiro atoms. The van der Waals surface area contributed by atoms with Crippen molar-refractivity contribution in [3.63, 3.8) is 0 Å². The van der Waals surface area contributed by atoms with Gasteiger partial charge in [-0.25, -0.2) is 4.79 Å². The standard InChI is InChI=1S/C22H32N4O3/c27-21(23-19-4-2-1-3-5-19)25-13-20-14-29-11-8-26(20)22(17-25)15-24(16-22)12-18-6-9-28-10-7-18/h1-5,18,20H,6-17H2,(H,23,27). The number of hydrogen-bond acceptors (Lipinski definition) is 5. The number of urea groups is 1. The van der Waals surface area contributed by atoms with Crippen molar-refractivity contribution < 1.29 is 14.3 Å². The van der Waals surface area contributed by atoms with Crippen molar-refractivity contribution in [3.8, 4) is 0 Å². The fourth-order valence-electron chi connectivity index (χ4n) is 5.57. The Kier molecular flexibility index (Phi) is 5.47. The third-order valence-electron chi connectivity index (χ3n) is 6.96. The second-order valence-corrected chi connectivity index (χ2v) is 9.05. The number of hydrogen-bond donors (Lipinski definition) is 1. The molecule has 4 aliphatic heterocycles. The zero-order valence-electron chi connectivity index (χ0n) is 17.1. The molecule has 0 aromatic heterocycles. The molecule has 0 aliphatic carbocycles. The summed E-state index contributed by atoms with van der Waals surface area (Å²) in [7, 11) is 0. The summed E-state index contributed by atoms with van der Waals surface area (Å²) in [6.45, 7) is 9.11. The number of amides is 2. The topological polar surface area (TPSA) is 57.3 Å². The Balaban J connectivity index is 1.25. The van der Waals surface area contributed by atoms with Gasteiger partial charge in [0.2, 0.25) is 0 Å². The highest BCUT2D eigenvalue weighted by Gasteiger charge is 2.55. The first-order valence-corrected chi connectivity index (χ1v) is 11.0. The van der Waals surface area contributed by atoms with E-state index in [-0.39, 0.29) is 11.6 Å². The van der Waals surface area contributed by atoms with Gasteiger partial charge < -0.3 is 19.7 Å². The maximum Gasteiger partial charge on any atom is 0.321 e. The molecular formula is C22H32N4O3. The molecule has 0 bridgehead atoms. The number of anilines is 1. The van der Waals surface area contributed by atoms with Gasteiger partial charge in [-0.3, -0.25) is 9.80 Å². The fraction of sp³-hybridized carbons (Fsp3) is 0.682. The van der Waals surface area contributed by atoms with E-state index in [1.807, 2.05) is 35.2 Å². The van der Waals surface area contributed by atoms with E-state index < -0.39 is 0 Å². The minimum Gasteiger partial charge on any atom is -0.381 e. The highest BCUT2D eigenvalue weighted by molar-refractivity contribution is 5.89. The number of benzene rings is 1. The summed E-state index contributed by atoms with van der Waals surface area (Å²) in [6, 6.07) is 10.0. The zero-order valence-corrected chi connectivity index (χ0v) is 17.1. The lowest BCUT2D eigenvalue weighted by Gasteiger charge is -2.63. The minimum atomic E-state index is 0.00341. The molecule has 0 saturated carbocycles. The van der Waals surface area contributed by atoms with Crippen LogP contribution in [0.5, 0.6) is 0 Å². The van der Waals surface area contributed by atoms with Gasteiger partial charge in [0.25, 0.3) is 0 Å². The number of likely N-dealkylation sites (tertiary alicyclic amines) is 1. The van der Waals surface area contributed by atoms with Crippen LogP contribution in [0.4, 0.5) is 10.5 Å². The Bertz CT molecular complexity index is 703. The smallest absolute Gasteiger partial charge is 0.321 e. The Hall–Kier alpha value is -1.67. The Morgan fingerprint density at radius 1 is 1.07 bits per heavy atom. The molecule has 29 heavy (non-hydrogen) atoms. The van der Waals surface area contributed by atoms with Gasteiger partial charge in [-0.2, -0.15) is 0 Å². The Labute approximate surface area is 172 Å². The molecule has 158 valence electrons. The summed E-state index contributed by atoms with van der Waals surface area (Å²) in [5.41, 5.74) is 0.926. The predicted molar refractivity (Wildman–Crippen MR) is 111 cm³/mol. The van der Waals surface area contributed by atoms with E-state index in [1.165, 1.54) is 12.8 Å². The monoisotopic (exact) mass is 400 g/mol.